The van der Waals surface area contributed by atoms with Gasteiger partial charge in [0.1, 0.15) is 11.5 Å². The number of ether oxygens (including phenoxy) is 2. The zero-order valence-electron chi connectivity index (χ0n) is 17.7. The van der Waals surface area contributed by atoms with Crippen LogP contribution >= 0.6 is 11.3 Å². The third-order valence-corrected chi connectivity index (χ3v) is 6.04. The molecule has 7 heteroatoms. The first kappa shape index (κ1) is 20.8. The van der Waals surface area contributed by atoms with Crippen molar-refractivity contribution in [2.24, 2.45) is 0 Å². The van der Waals surface area contributed by atoms with Crippen LogP contribution in [0.1, 0.15) is 16.7 Å². The number of amides is 1. The van der Waals surface area contributed by atoms with Crippen molar-refractivity contribution in [1.82, 2.24) is 9.97 Å². The number of fused-ring (bicyclic) bond motifs is 1. The number of rotatable bonds is 7. The van der Waals surface area contributed by atoms with Crippen LogP contribution in [0.25, 0.3) is 10.2 Å². The maximum absolute atomic E-state index is 13.2. The van der Waals surface area contributed by atoms with Gasteiger partial charge in [0.25, 0.3) is 5.91 Å². The predicted octanol–water partition coefficient (Wildman–Crippen LogP) is 4.93. The van der Waals surface area contributed by atoms with Crippen molar-refractivity contribution in [3.05, 3.63) is 77.6 Å². The van der Waals surface area contributed by atoms with E-state index in [4.69, 9.17) is 14.5 Å². The van der Waals surface area contributed by atoms with Crippen molar-refractivity contribution in [3.63, 3.8) is 0 Å². The van der Waals surface area contributed by atoms with E-state index >= 15 is 0 Å². The molecular weight excluding hydrogens is 410 g/mol. The van der Waals surface area contributed by atoms with Gasteiger partial charge in [0, 0.05) is 18.5 Å². The largest absolute Gasteiger partial charge is 0.497 e. The Bertz CT molecular complexity index is 1210. The summed E-state index contributed by atoms with van der Waals surface area (Å²) in [5, 5.41) is 0.645. The van der Waals surface area contributed by atoms with Gasteiger partial charge in [0.05, 0.1) is 23.9 Å². The number of benzene rings is 2. The van der Waals surface area contributed by atoms with Gasteiger partial charge in [-0.1, -0.05) is 29.5 Å². The molecule has 4 aromatic rings. The molecule has 0 saturated carbocycles. The van der Waals surface area contributed by atoms with E-state index in [0.717, 1.165) is 26.9 Å². The van der Waals surface area contributed by atoms with Crippen molar-refractivity contribution in [3.8, 4) is 11.5 Å². The SMILES string of the molecule is COc1cccc(OCC(=O)N(Cc2cccnc2)c2nc3cc(C)cc(C)c3s2)c1. The van der Waals surface area contributed by atoms with Crippen LogP contribution in [0.15, 0.2) is 60.9 Å². The number of aromatic nitrogens is 2. The molecule has 31 heavy (non-hydrogen) atoms. The van der Waals surface area contributed by atoms with E-state index < -0.39 is 0 Å². The lowest BCUT2D eigenvalue weighted by atomic mass is 10.1. The summed E-state index contributed by atoms with van der Waals surface area (Å²) < 4.78 is 12.1. The summed E-state index contributed by atoms with van der Waals surface area (Å²) in [5.41, 5.74) is 4.12. The van der Waals surface area contributed by atoms with Gasteiger partial charge < -0.3 is 9.47 Å². The summed E-state index contributed by atoms with van der Waals surface area (Å²) in [6.45, 7) is 4.37. The maximum Gasteiger partial charge on any atom is 0.267 e. The topological polar surface area (TPSA) is 64.6 Å². The summed E-state index contributed by atoms with van der Waals surface area (Å²) in [6.07, 6.45) is 3.47. The first-order valence-corrected chi connectivity index (χ1v) is 10.7. The number of anilines is 1. The number of thiazole rings is 1. The Morgan fingerprint density at radius 1 is 1.10 bits per heavy atom. The van der Waals surface area contributed by atoms with E-state index in [1.165, 1.54) is 11.3 Å². The van der Waals surface area contributed by atoms with Crippen LogP contribution in [0, 0.1) is 13.8 Å². The Hall–Kier alpha value is -3.45. The molecule has 0 aliphatic heterocycles. The van der Waals surface area contributed by atoms with Crippen LogP contribution in [0.2, 0.25) is 0 Å². The number of hydrogen-bond acceptors (Lipinski definition) is 6. The van der Waals surface area contributed by atoms with Crippen LogP contribution in [0.3, 0.4) is 0 Å². The molecule has 0 bridgehead atoms. The maximum atomic E-state index is 13.2. The quantitative estimate of drug-likeness (QED) is 0.414. The van der Waals surface area contributed by atoms with Crippen molar-refractivity contribution in [2.45, 2.75) is 20.4 Å². The second-order valence-electron chi connectivity index (χ2n) is 7.24. The minimum Gasteiger partial charge on any atom is -0.497 e. The van der Waals surface area contributed by atoms with Crippen molar-refractivity contribution in [2.75, 3.05) is 18.6 Å². The molecule has 0 aliphatic carbocycles. The fourth-order valence-electron chi connectivity index (χ4n) is 3.33. The minimum atomic E-state index is -0.180. The number of aryl methyl sites for hydroxylation is 2. The lowest BCUT2D eigenvalue weighted by Gasteiger charge is -2.20. The monoisotopic (exact) mass is 433 g/mol. The predicted molar refractivity (Wildman–Crippen MR) is 123 cm³/mol. The molecule has 0 fully saturated rings. The summed E-state index contributed by atoms with van der Waals surface area (Å²) in [6, 6.07) is 15.2. The van der Waals surface area contributed by atoms with Gasteiger partial charge in [-0.3, -0.25) is 14.7 Å². The minimum absolute atomic E-state index is 0.110. The lowest BCUT2D eigenvalue weighted by Crippen LogP contribution is -2.34. The molecule has 2 aromatic heterocycles. The number of hydrogen-bond donors (Lipinski definition) is 0. The molecule has 0 aliphatic rings. The number of nitrogens with zero attached hydrogens (tertiary/aromatic N) is 3. The number of carbonyl (C=O) groups is 1. The van der Waals surface area contributed by atoms with Crippen LogP contribution < -0.4 is 14.4 Å². The van der Waals surface area contributed by atoms with Crippen molar-refractivity contribution >= 4 is 32.6 Å². The molecule has 2 aromatic carbocycles. The summed E-state index contributed by atoms with van der Waals surface area (Å²) in [7, 11) is 1.59. The average molecular weight is 434 g/mol. The second kappa shape index (κ2) is 9.14. The van der Waals surface area contributed by atoms with Crippen LogP contribution in [-0.2, 0) is 11.3 Å². The van der Waals surface area contributed by atoms with Gasteiger partial charge in [-0.2, -0.15) is 0 Å². The fourth-order valence-corrected chi connectivity index (χ4v) is 4.36. The standard InChI is InChI=1S/C24H23N3O3S/c1-16-10-17(2)23-21(11-16)26-24(31-23)27(14-18-6-5-9-25-13-18)22(28)15-30-20-8-4-7-19(12-20)29-3/h4-13H,14-15H2,1-3H3. The lowest BCUT2D eigenvalue weighted by molar-refractivity contribution is -0.120. The van der Waals surface area contributed by atoms with Crippen LogP contribution in [0.5, 0.6) is 11.5 Å². The molecule has 0 saturated heterocycles. The highest BCUT2D eigenvalue weighted by molar-refractivity contribution is 7.22. The average Bonchev–Trinajstić information content (AvgIpc) is 3.20. The normalized spacial score (nSPS) is 10.8. The molecule has 1 amide bonds. The first-order chi connectivity index (χ1) is 15.0. The van der Waals surface area contributed by atoms with E-state index in [1.54, 1.807) is 36.5 Å². The van der Waals surface area contributed by atoms with Gasteiger partial charge in [-0.15, -0.1) is 0 Å². The van der Waals surface area contributed by atoms with E-state index in [9.17, 15) is 4.79 Å². The fraction of sp³-hybridized carbons (Fsp3) is 0.208. The summed E-state index contributed by atoms with van der Waals surface area (Å²) >= 11 is 1.51. The Kier molecular flexibility index (Phi) is 6.13. The van der Waals surface area contributed by atoms with Crippen molar-refractivity contribution < 1.29 is 14.3 Å². The van der Waals surface area contributed by atoms with Crippen LogP contribution in [-0.4, -0.2) is 29.6 Å². The zero-order chi connectivity index (χ0) is 21.8. The van der Waals surface area contributed by atoms with Gasteiger partial charge in [-0.25, -0.2) is 4.98 Å². The smallest absolute Gasteiger partial charge is 0.267 e. The molecule has 4 rings (SSSR count). The molecular formula is C24H23N3O3S. The highest BCUT2D eigenvalue weighted by Crippen LogP contribution is 2.33. The Morgan fingerprint density at radius 2 is 1.94 bits per heavy atom. The second-order valence-corrected chi connectivity index (χ2v) is 8.21. The van der Waals surface area contributed by atoms with Crippen LogP contribution in [0.4, 0.5) is 5.13 Å². The molecule has 0 atom stereocenters. The van der Waals surface area contributed by atoms with E-state index in [-0.39, 0.29) is 12.5 Å². The van der Waals surface area contributed by atoms with E-state index in [0.29, 0.717) is 23.2 Å². The molecule has 0 N–H and O–H groups in total. The Morgan fingerprint density at radius 3 is 2.71 bits per heavy atom. The van der Waals surface area contributed by atoms with Gasteiger partial charge in [0.15, 0.2) is 11.7 Å². The number of methoxy groups -OCH3 is 1. The van der Waals surface area contributed by atoms with E-state index in [2.05, 4.69) is 18.0 Å². The molecule has 0 spiro atoms. The van der Waals surface area contributed by atoms with Crippen molar-refractivity contribution in [1.29, 1.82) is 0 Å². The molecule has 158 valence electrons. The third-order valence-electron chi connectivity index (χ3n) is 4.81. The summed E-state index contributed by atoms with van der Waals surface area (Å²) in [4.78, 5) is 23.8. The van der Waals surface area contributed by atoms with Gasteiger partial charge in [-0.05, 0) is 54.8 Å². The summed E-state index contributed by atoms with van der Waals surface area (Å²) in [5.74, 6) is 1.07. The molecule has 0 radical (unpaired) electrons. The zero-order valence-corrected chi connectivity index (χ0v) is 18.5. The Balaban J connectivity index is 1.62. The molecule has 0 unspecified atom stereocenters. The van der Waals surface area contributed by atoms with Gasteiger partial charge >= 0.3 is 0 Å². The highest BCUT2D eigenvalue weighted by Gasteiger charge is 2.21. The first-order valence-electron chi connectivity index (χ1n) is 9.87. The number of pyridine rings is 1. The molecule has 6 nitrogen and oxygen atoms in total. The Labute approximate surface area is 185 Å². The highest BCUT2D eigenvalue weighted by atomic mass is 32.1. The molecule has 2 heterocycles. The third kappa shape index (κ3) is 4.83. The number of carbonyl (C=O) groups excluding carboxylic acids is 1. The van der Waals surface area contributed by atoms with Gasteiger partial charge in [0.2, 0.25) is 0 Å². The van der Waals surface area contributed by atoms with E-state index in [1.807, 2.05) is 37.3 Å².